The summed E-state index contributed by atoms with van der Waals surface area (Å²) in [6, 6.07) is 5.90. The topological polar surface area (TPSA) is 55.1 Å². The number of rotatable bonds is 5. The van der Waals surface area contributed by atoms with Gasteiger partial charge in [-0.05, 0) is 12.5 Å². The van der Waals surface area contributed by atoms with Crippen molar-refractivity contribution in [2.24, 2.45) is 7.05 Å². The predicted octanol–water partition coefficient (Wildman–Crippen LogP) is 3.19. The van der Waals surface area contributed by atoms with Crippen LogP contribution in [0.15, 0.2) is 24.3 Å². The van der Waals surface area contributed by atoms with Crippen molar-refractivity contribution in [3.63, 3.8) is 0 Å². The first-order chi connectivity index (χ1) is 9.95. The van der Waals surface area contributed by atoms with Gasteiger partial charge in [-0.1, -0.05) is 36.7 Å². The Hall–Kier alpha value is -1.88. The third-order valence-corrected chi connectivity index (χ3v) is 3.92. The van der Waals surface area contributed by atoms with Gasteiger partial charge in [-0.15, -0.1) is 0 Å². The molecule has 0 saturated heterocycles. The van der Waals surface area contributed by atoms with Gasteiger partial charge in [0, 0.05) is 19.0 Å². The predicted molar refractivity (Wildman–Crippen MR) is 78.1 cm³/mol. The van der Waals surface area contributed by atoms with E-state index in [1.807, 2.05) is 6.92 Å². The highest BCUT2D eigenvalue weighted by Gasteiger charge is 2.26. The molecule has 1 aromatic heterocycles. The molecule has 2 aromatic rings. The second-order valence-electron chi connectivity index (χ2n) is 4.80. The normalized spacial score (nSPS) is 12.4. The number of halogens is 2. The van der Waals surface area contributed by atoms with Gasteiger partial charge in [0.15, 0.2) is 0 Å². The van der Waals surface area contributed by atoms with Crippen LogP contribution in [0, 0.1) is 5.82 Å². The number of benzene rings is 1. The molecular weight excluding hydrogens is 295 g/mol. The first kappa shape index (κ1) is 15.5. The van der Waals surface area contributed by atoms with E-state index in [0.717, 1.165) is 0 Å². The maximum absolute atomic E-state index is 13.9. The lowest BCUT2D eigenvalue weighted by atomic mass is 9.93. The van der Waals surface area contributed by atoms with E-state index in [-0.39, 0.29) is 12.0 Å². The standard InChI is InChI=1S/C15H16ClFN2O2/c1-3-12-14(16)13(19(2)18-12)8-10(15(20)21)9-6-4-5-7-11(9)17/h4-7,10H,3,8H2,1-2H3,(H,20,21). The van der Waals surface area contributed by atoms with Crippen LogP contribution in [0.4, 0.5) is 4.39 Å². The Bertz CT molecular complexity index is 670. The lowest BCUT2D eigenvalue weighted by Gasteiger charge is -2.14. The van der Waals surface area contributed by atoms with Gasteiger partial charge in [-0.3, -0.25) is 9.48 Å². The van der Waals surface area contributed by atoms with Gasteiger partial charge in [0.1, 0.15) is 5.82 Å². The zero-order valence-electron chi connectivity index (χ0n) is 11.8. The molecule has 0 aliphatic carbocycles. The number of aromatic nitrogens is 2. The van der Waals surface area contributed by atoms with Crippen LogP contribution in [0.25, 0.3) is 0 Å². The van der Waals surface area contributed by atoms with E-state index < -0.39 is 17.7 Å². The lowest BCUT2D eigenvalue weighted by Crippen LogP contribution is -2.17. The molecule has 1 unspecified atom stereocenters. The van der Waals surface area contributed by atoms with Crippen LogP contribution in [-0.4, -0.2) is 20.9 Å². The fourth-order valence-electron chi connectivity index (χ4n) is 2.32. The largest absolute Gasteiger partial charge is 0.481 e. The zero-order valence-corrected chi connectivity index (χ0v) is 12.6. The molecule has 2 rings (SSSR count). The van der Waals surface area contributed by atoms with Gasteiger partial charge in [-0.25, -0.2) is 4.39 Å². The highest BCUT2D eigenvalue weighted by Crippen LogP contribution is 2.29. The Morgan fingerprint density at radius 3 is 2.67 bits per heavy atom. The molecule has 0 bridgehead atoms. The minimum absolute atomic E-state index is 0.0958. The summed E-state index contributed by atoms with van der Waals surface area (Å²) in [5.41, 5.74) is 1.47. The monoisotopic (exact) mass is 310 g/mol. The molecule has 0 spiro atoms. The highest BCUT2D eigenvalue weighted by atomic mass is 35.5. The number of nitrogens with zero attached hydrogens (tertiary/aromatic N) is 2. The molecule has 6 heteroatoms. The van der Waals surface area contributed by atoms with Gasteiger partial charge in [0.05, 0.1) is 22.3 Å². The average Bonchev–Trinajstić information content (AvgIpc) is 2.72. The fraction of sp³-hybridized carbons (Fsp3) is 0.333. The molecule has 112 valence electrons. The van der Waals surface area contributed by atoms with Gasteiger partial charge in [0.2, 0.25) is 0 Å². The zero-order chi connectivity index (χ0) is 15.6. The fourth-order valence-corrected chi connectivity index (χ4v) is 2.69. The van der Waals surface area contributed by atoms with E-state index in [9.17, 15) is 14.3 Å². The molecule has 4 nitrogen and oxygen atoms in total. The SMILES string of the molecule is CCc1nn(C)c(CC(C(=O)O)c2ccccc2F)c1Cl. The van der Waals surface area contributed by atoms with E-state index >= 15 is 0 Å². The minimum atomic E-state index is -1.09. The summed E-state index contributed by atoms with van der Waals surface area (Å²) in [6.07, 6.45) is 0.753. The summed E-state index contributed by atoms with van der Waals surface area (Å²) in [7, 11) is 1.71. The molecule has 1 atom stereocenters. The number of aryl methyl sites for hydroxylation is 2. The summed E-state index contributed by atoms with van der Waals surface area (Å²) < 4.78 is 15.4. The Balaban J connectivity index is 2.41. The summed E-state index contributed by atoms with van der Waals surface area (Å²) >= 11 is 6.24. The molecule has 1 heterocycles. The van der Waals surface area contributed by atoms with Crippen LogP contribution >= 0.6 is 11.6 Å². The van der Waals surface area contributed by atoms with Crippen molar-refractivity contribution >= 4 is 17.6 Å². The average molecular weight is 311 g/mol. The quantitative estimate of drug-likeness (QED) is 0.922. The van der Waals surface area contributed by atoms with E-state index in [1.54, 1.807) is 17.8 Å². The van der Waals surface area contributed by atoms with E-state index in [0.29, 0.717) is 22.8 Å². The second-order valence-corrected chi connectivity index (χ2v) is 5.18. The summed E-state index contributed by atoms with van der Waals surface area (Å²) in [5.74, 6) is -2.61. The molecule has 0 fully saturated rings. The maximum atomic E-state index is 13.9. The van der Waals surface area contributed by atoms with Crippen molar-refractivity contribution in [3.05, 3.63) is 52.1 Å². The van der Waals surface area contributed by atoms with Crippen molar-refractivity contribution in [1.82, 2.24) is 9.78 Å². The lowest BCUT2D eigenvalue weighted by molar-refractivity contribution is -0.138. The van der Waals surface area contributed by atoms with Crippen LogP contribution in [-0.2, 0) is 24.7 Å². The van der Waals surface area contributed by atoms with E-state index in [1.165, 1.54) is 18.2 Å². The molecule has 0 aliphatic rings. The maximum Gasteiger partial charge on any atom is 0.311 e. The van der Waals surface area contributed by atoms with Crippen molar-refractivity contribution in [1.29, 1.82) is 0 Å². The van der Waals surface area contributed by atoms with Crippen molar-refractivity contribution in [2.75, 3.05) is 0 Å². The van der Waals surface area contributed by atoms with Crippen molar-refractivity contribution in [2.45, 2.75) is 25.7 Å². The number of carboxylic acid groups (broad SMARTS) is 1. The summed E-state index contributed by atoms with van der Waals surface area (Å²) in [6.45, 7) is 1.92. The van der Waals surface area contributed by atoms with Crippen LogP contribution < -0.4 is 0 Å². The molecule has 21 heavy (non-hydrogen) atoms. The third kappa shape index (κ3) is 3.08. The van der Waals surface area contributed by atoms with Crippen LogP contribution in [0.5, 0.6) is 0 Å². The molecule has 0 amide bonds. The van der Waals surface area contributed by atoms with Crippen LogP contribution in [0.3, 0.4) is 0 Å². The van der Waals surface area contributed by atoms with Gasteiger partial charge >= 0.3 is 5.97 Å². The second kappa shape index (κ2) is 6.26. The number of carboxylic acids is 1. The Morgan fingerprint density at radius 2 is 2.14 bits per heavy atom. The summed E-state index contributed by atoms with van der Waals surface area (Å²) in [4.78, 5) is 11.5. The Morgan fingerprint density at radius 1 is 1.48 bits per heavy atom. The number of aliphatic carboxylic acids is 1. The molecule has 0 radical (unpaired) electrons. The van der Waals surface area contributed by atoms with Crippen LogP contribution in [0.1, 0.15) is 29.8 Å². The first-order valence-electron chi connectivity index (χ1n) is 6.63. The molecule has 0 aliphatic heterocycles. The van der Waals surface area contributed by atoms with Gasteiger partial charge in [-0.2, -0.15) is 5.10 Å². The van der Waals surface area contributed by atoms with E-state index in [4.69, 9.17) is 11.6 Å². The Kier molecular flexibility index (Phi) is 4.63. The minimum Gasteiger partial charge on any atom is -0.481 e. The molecule has 0 saturated carbocycles. The van der Waals surface area contributed by atoms with Crippen molar-refractivity contribution in [3.8, 4) is 0 Å². The smallest absolute Gasteiger partial charge is 0.311 e. The summed E-state index contributed by atoms with van der Waals surface area (Å²) in [5, 5.41) is 14.1. The molecular formula is C15H16ClFN2O2. The number of carbonyl (C=O) groups is 1. The van der Waals surface area contributed by atoms with E-state index in [2.05, 4.69) is 5.10 Å². The van der Waals surface area contributed by atoms with Gasteiger partial charge in [0.25, 0.3) is 0 Å². The number of hydrogen-bond donors (Lipinski definition) is 1. The van der Waals surface area contributed by atoms with Crippen molar-refractivity contribution < 1.29 is 14.3 Å². The Labute approximate surface area is 127 Å². The number of hydrogen-bond acceptors (Lipinski definition) is 2. The molecule has 1 aromatic carbocycles. The van der Waals surface area contributed by atoms with Gasteiger partial charge < -0.3 is 5.11 Å². The first-order valence-corrected chi connectivity index (χ1v) is 7.01. The molecule has 1 N–H and O–H groups in total. The highest BCUT2D eigenvalue weighted by molar-refractivity contribution is 6.31. The van der Waals surface area contributed by atoms with Crippen LogP contribution in [0.2, 0.25) is 5.02 Å². The third-order valence-electron chi connectivity index (χ3n) is 3.48.